The summed E-state index contributed by atoms with van der Waals surface area (Å²) in [4.78, 5) is 12.0. The summed E-state index contributed by atoms with van der Waals surface area (Å²) in [6.07, 6.45) is 0. The molecular weight excluding hydrogens is 273 g/mol. The molecule has 0 aliphatic heterocycles. The number of nitrogens with one attached hydrogen (secondary N) is 2. The second-order valence-electron chi connectivity index (χ2n) is 3.91. The lowest BCUT2D eigenvalue weighted by Gasteiger charge is -2.04. The minimum Gasteiger partial charge on any atom is -0.305 e. The molecule has 0 aliphatic carbocycles. The summed E-state index contributed by atoms with van der Waals surface area (Å²) in [5.41, 5.74) is 2.26. The molecule has 1 heterocycles. The van der Waals surface area contributed by atoms with Crippen molar-refractivity contribution in [3.8, 4) is 0 Å². The Labute approximate surface area is 114 Å². The minimum absolute atomic E-state index is 0.275. The fraction of sp³-hybridized carbons (Fsp3) is 0.167. The van der Waals surface area contributed by atoms with Gasteiger partial charge in [0.2, 0.25) is 0 Å². The third-order valence-electron chi connectivity index (χ3n) is 2.67. The summed E-state index contributed by atoms with van der Waals surface area (Å²) in [6, 6.07) is 4.72. The molecular formula is C12H11Cl2N3O. The number of carbonyl (C=O) groups is 1. The van der Waals surface area contributed by atoms with Crippen LogP contribution in [0.5, 0.6) is 0 Å². The van der Waals surface area contributed by atoms with E-state index in [4.69, 9.17) is 23.2 Å². The van der Waals surface area contributed by atoms with Gasteiger partial charge in [-0.15, -0.1) is 0 Å². The van der Waals surface area contributed by atoms with Crippen molar-refractivity contribution in [3.05, 3.63) is 45.1 Å². The maximum atomic E-state index is 12.0. The van der Waals surface area contributed by atoms with Crippen LogP contribution in [0.1, 0.15) is 21.6 Å². The largest absolute Gasteiger partial charge is 0.305 e. The van der Waals surface area contributed by atoms with Gasteiger partial charge in [-0.05, 0) is 32.0 Å². The fourth-order valence-corrected chi connectivity index (χ4v) is 1.72. The van der Waals surface area contributed by atoms with E-state index in [9.17, 15) is 4.79 Å². The van der Waals surface area contributed by atoms with Crippen LogP contribution in [0.4, 0.5) is 5.82 Å². The number of carbonyl (C=O) groups excluding carboxylic acids is 1. The third kappa shape index (κ3) is 2.49. The number of hydrogen-bond acceptors (Lipinski definition) is 2. The van der Waals surface area contributed by atoms with Crippen molar-refractivity contribution >= 4 is 34.9 Å². The van der Waals surface area contributed by atoms with Gasteiger partial charge in [0.05, 0.1) is 10.0 Å². The molecule has 2 rings (SSSR count). The lowest BCUT2D eigenvalue weighted by Crippen LogP contribution is -2.12. The number of hydrogen-bond donors (Lipinski definition) is 2. The molecule has 1 amide bonds. The zero-order valence-corrected chi connectivity index (χ0v) is 11.4. The van der Waals surface area contributed by atoms with E-state index >= 15 is 0 Å². The number of benzene rings is 1. The Kier molecular flexibility index (Phi) is 3.59. The van der Waals surface area contributed by atoms with Crippen molar-refractivity contribution < 1.29 is 4.79 Å². The molecule has 0 saturated carbocycles. The molecule has 4 nitrogen and oxygen atoms in total. The molecule has 0 aliphatic rings. The molecule has 1 aromatic heterocycles. The predicted molar refractivity (Wildman–Crippen MR) is 72.5 cm³/mol. The minimum atomic E-state index is -0.275. The Balaban J connectivity index is 2.22. The van der Waals surface area contributed by atoms with Gasteiger partial charge in [0.15, 0.2) is 5.82 Å². The van der Waals surface area contributed by atoms with Gasteiger partial charge in [-0.25, -0.2) is 0 Å². The Bertz CT molecular complexity index is 607. The molecule has 0 radical (unpaired) electrons. The van der Waals surface area contributed by atoms with Crippen molar-refractivity contribution in [2.45, 2.75) is 13.8 Å². The summed E-state index contributed by atoms with van der Waals surface area (Å²) in [7, 11) is 0. The highest BCUT2D eigenvalue weighted by Gasteiger charge is 2.12. The SMILES string of the molecule is Cc1[nH]nc(NC(=O)c2ccc(Cl)c(Cl)c2)c1C. The van der Waals surface area contributed by atoms with Gasteiger partial charge in [0.1, 0.15) is 0 Å². The number of aryl methyl sites for hydroxylation is 1. The molecule has 0 atom stereocenters. The summed E-state index contributed by atoms with van der Waals surface area (Å²) in [5, 5.41) is 10.3. The maximum Gasteiger partial charge on any atom is 0.256 e. The monoisotopic (exact) mass is 283 g/mol. The first kappa shape index (κ1) is 12.9. The summed E-state index contributed by atoms with van der Waals surface area (Å²) >= 11 is 11.7. The van der Waals surface area contributed by atoms with Crippen LogP contribution >= 0.6 is 23.2 Å². The van der Waals surface area contributed by atoms with Gasteiger partial charge >= 0.3 is 0 Å². The number of amides is 1. The molecule has 6 heteroatoms. The summed E-state index contributed by atoms with van der Waals surface area (Å²) in [6.45, 7) is 3.76. The first-order valence-electron chi connectivity index (χ1n) is 5.27. The quantitative estimate of drug-likeness (QED) is 0.885. The molecule has 2 N–H and O–H groups in total. The lowest BCUT2D eigenvalue weighted by molar-refractivity contribution is 0.102. The van der Waals surface area contributed by atoms with E-state index in [2.05, 4.69) is 15.5 Å². The van der Waals surface area contributed by atoms with Crippen molar-refractivity contribution in [2.24, 2.45) is 0 Å². The van der Waals surface area contributed by atoms with Crippen LogP contribution in [0, 0.1) is 13.8 Å². The van der Waals surface area contributed by atoms with Crippen LogP contribution in [0.3, 0.4) is 0 Å². The number of aromatic amines is 1. The highest BCUT2D eigenvalue weighted by atomic mass is 35.5. The molecule has 18 heavy (non-hydrogen) atoms. The predicted octanol–water partition coefficient (Wildman–Crippen LogP) is 3.59. The average molecular weight is 284 g/mol. The molecule has 0 bridgehead atoms. The second kappa shape index (κ2) is 5.00. The normalized spacial score (nSPS) is 10.4. The Morgan fingerprint density at radius 3 is 2.56 bits per heavy atom. The van der Waals surface area contributed by atoms with Gasteiger partial charge in [-0.2, -0.15) is 5.10 Å². The Morgan fingerprint density at radius 1 is 1.28 bits per heavy atom. The van der Waals surface area contributed by atoms with Gasteiger partial charge in [-0.3, -0.25) is 9.89 Å². The molecule has 2 aromatic rings. The summed E-state index contributed by atoms with van der Waals surface area (Å²) in [5.74, 6) is 0.242. The number of rotatable bonds is 2. The zero-order chi connectivity index (χ0) is 13.3. The van der Waals surface area contributed by atoms with Crippen LogP contribution < -0.4 is 5.32 Å². The molecule has 0 fully saturated rings. The second-order valence-corrected chi connectivity index (χ2v) is 4.72. The van der Waals surface area contributed by atoms with Crippen LogP contribution in [0.15, 0.2) is 18.2 Å². The average Bonchev–Trinajstić information content (AvgIpc) is 2.64. The molecule has 0 saturated heterocycles. The van der Waals surface area contributed by atoms with E-state index in [1.54, 1.807) is 12.1 Å². The van der Waals surface area contributed by atoms with E-state index in [-0.39, 0.29) is 5.91 Å². The third-order valence-corrected chi connectivity index (χ3v) is 3.41. The standard InChI is InChI=1S/C12H11Cl2N3O/c1-6-7(2)16-17-11(6)15-12(18)8-3-4-9(13)10(14)5-8/h3-5H,1-2H3,(H2,15,16,17,18). The van der Waals surface area contributed by atoms with E-state index in [0.29, 0.717) is 21.4 Å². The van der Waals surface area contributed by atoms with Crippen LogP contribution in [-0.4, -0.2) is 16.1 Å². The smallest absolute Gasteiger partial charge is 0.256 e. The van der Waals surface area contributed by atoms with Crippen LogP contribution in [0.2, 0.25) is 10.0 Å². The molecule has 94 valence electrons. The number of anilines is 1. The van der Waals surface area contributed by atoms with E-state index in [0.717, 1.165) is 11.3 Å². The van der Waals surface area contributed by atoms with Crippen LogP contribution in [-0.2, 0) is 0 Å². The number of H-pyrrole nitrogens is 1. The van der Waals surface area contributed by atoms with E-state index in [1.807, 2.05) is 13.8 Å². The highest BCUT2D eigenvalue weighted by Crippen LogP contribution is 2.23. The van der Waals surface area contributed by atoms with Gasteiger partial charge in [-0.1, -0.05) is 23.2 Å². The number of nitrogens with zero attached hydrogens (tertiary/aromatic N) is 1. The van der Waals surface area contributed by atoms with E-state index in [1.165, 1.54) is 6.07 Å². The molecule has 0 spiro atoms. The zero-order valence-electron chi connectivity index (χ0n) is 9.84. The topological polar surface area (TPSA) is 57.8 Å². The van der Waals surface area contributed by atoms with Gasteiger partial charge < -0.3 is 5.32 Å². The van der Waals surface area contributed by atoms with Crippen molar-refractivity contribution in [2.75, 3.05) is 5.32 Å². The van der Waals surface area contributed by atoms with Gasteiger partial charge in [0.25, 0.3) is 5.91 Å². The maximum absolute atomic E-state index is 12.0. The Hall–Kier alpha value is -1.52. The first-order valence-corrected chi connectivity index (χ1v) is 6.02. The van der Waals surface area contributed by atoms with Crippen molar-refractivity contribution in [3.63, 3.8) is 0 Å². The fourth-order valence-electron chi connectivity index (χ4n) is 1.42. The number of halogens is 2. The number of aromatic nitrogens is 2. The van der Waals surface area contributed by atoms with Gasteiger partial charge in [0, 0.05) is 16.8 Å². The van der Waals surface area contributed by atoms with Crippen LogP contribution in [0.25, 0.3) is 0 Å². The highest BCUT2D eigenvalue weighted by molar-refractivity contribution is 6.42. The lowest BCUT2D eigenvalue weighted by atomic mass is 10.2. The first-order chi connectivity index (χ1) is 8.49. The van der Waals surface area contributed by atoms with Crippen molar-refractivity contribution in [1.29, 1.82) is 0 Å². The van der Waals surface area contributed by atoms with Crippen molar-refractivity contribution in [1.82, 2.24) is 10.2 Å². The molecule has 0 unspecified atom stereocenters. The molecule has 1 aromatic carbocycles. The van der Waals surface area contributed by atoms with E-state index < -0.39 is 0 Å². The summed E-state index contributed by atoms with van der Waals surface area (Å²) < 4.78 is 0. The Morgan fingerprint density at radius 2 is 2.00 bits per heavy atom.